The highest BCUT2D eigenvalue weighted by molar-refractivity contribution is 5.90. The molecule has 0 unspecified atom stereocenters. The van der Waals surface area contributed by atoms with Gasteiger partial charge in [-0.25, -0.2) is 4.79 Å². The molecule has 2 amide bonds. The Labute approximate surface area is 114 Å². The van der Waals surface area contributed by atoms with Crippen LogP contribution in [0.1, 0.15) is 25.3 Å². The molecule has 2 rings (SSSR count). The zero-order chi connectivity index (χ0) is 13.7. The van der Waals surface area contributed by atoms with E-state index in [1.54, 1.807) is 0 Å². The normalized spacial score (nSPS) is 21.2. The number of nitrogens with one attached hydrogen (secondary N) is 2. The Hall–Kier alpha value is -2.03. The summed E-state index contributed by atoms with van der Waals surface area (Å²) in [6, 6.07) is 7.61. The van der Waals surface area contributed by atoms with Crippen molar-refractivity contribution in [1.29, 1.82) is 0 Å². The molecule has 19 heavy (non-hydrogen) atoms. The monoisotopic (exact) mass is 256 g/mol. The summed E-state index contributed by atoms with van der Waals surface area (Å²) in [6.07, 6.45) is 9.83. The first kappa shape index (κ1) is 13.4. The number of aryl methyl sites for hydroxylation is 1. The van der Waals surface area contributed by atoms with Gasteiger partial charge in [0.15, 0.2) is 0 Å². The second-order valence-corrected chi connectivity index (χ2v) is 4.95. The van der Waals surface area contributed by atoms with Crippen molar-refractivity contribution in [2.75, 3.05) is 5.32 Å². The van der Waals surface area contributed by atoms with Gasteiger partial charge in [-0.05, 0) is 31.9 Å². The van der Waals surface area contributed by atoms with Crippen LogP contribution >= 0.6 is 0 Å². The van der Waals surface area contributed by atoms with Crippen LogP contribution in [0.15, 0.2) is 48.6 Å². The molecule has 0 saturated carbocycles. The molecular weight excluding hydrogens is 236 g/mol. The summed E-state index contributed by atoms with van der Waals surface area (Å²) >= 11 is 0. The first-order valence-corrected chi connectivity index (χ1v) is 6.64. The zero-order valence-corrected chi connectivity index (χ0v) is 11.4. The number of rotatable bonds is 3. The number of anilines is 1. The van der Waals surface area contributed by atoms with Gasteiger partial charge in [0, 0.05) is 5.69 Å². The summed E-state index contributed by atoms with van der Waals surface area (Å²) in [5, 5.41) is 5.92. The summed E-state index contributed by atoms with van der Waals surface area (Å²) < 4.78 is 0. The average Bonchev–Trinajstić information content (AvgIpc) is 2.42. The minimum atomic E-state index is -0.260. The van der Waals surface area contributed by atoms with Gasteiger partial charge < -0.3 is 10.6 Å². The molecule has 0 aliphatic heterocycles. The number of hydrogen-bond donors (Lipinski definition) is 2. The molecule has 100 valence electrons. The third-order valence-corrected chi connectivity index (χ3v) is 3.45. The number of allylic oxidation sites excluding steroid dienone is 2. The summed E-state index contributed by atoms with van der Waals surface area (Å²) in [6.45, 7) is 4.10. The van der Waals surface area contributed by atoms with Crippen molar-refractivity contribution in [2.45, 2.75) is 32.2 Å². The van der Waals surface area contributed by atoms with Crippen LogP contribution in [-0.4, -0.2) is 11.6 Å². The van der Waals surface area contributed by atoms with Crippen LogP contribution in [0.4, 0.5) is 10.5 Å². The Morgan fingerprint density at radius 3 is 2.58 bits per heavy atom. The maximum Gasteiger partial charge on any atom is 0.319 e. The zero-order valence-electron chi connectivity index (χ0n) is 11.4. The van der Waals surface area contributed by atoms with Crippen molar-refractivity contribution in [3.63, 3.8) is 0 Å². The van der Waals surface area contributed by atoms with E-state index in [1.165, 1.54) is 5.56 Å². The number of benzene rings is 1. The maximum atomic E-state index is 12.0. The molecule has 0 aromatic heterocycles. The van der Waals surface area contributed by atoms with Gasteiger partial charge in [0.25, 0.3) is 0 Å². The minimum absolute atomic E-state index is 0.161. The summed E-state index contributed by atoms with van der Waals surface area (Å²) in [5.41, 5.74) is 1.73. The fourth-order valence-electron chi connectivity index (χ4n) is 2.13. The molecule has 1 aliphatic rings. The lowest BCUT2D eigenvalue weighted by Gasteiger charge is -2.31. The van der Waals surface area contributed by atoms with Crippen molar-refractivity contribution in [3.05, 3.63) is 54.1 Å². The Bertz CT molecular complexity index is 502. The lowest BCUT2D eigenvalue weighted by Crippen LogP contribution is -2.48. The average molecular weight is 256 g/mol. The molecule has 1 atom stereocenters. The van der Waals surface area contributed by atoms with Crippen LogP contribution in [0.3, 0.4) is 0 Å². The third kappa shape index (κ3) is 3.47. The van der Waals surface area contributed by atoms with Crippen molar-refractivity contribution in [1.82, 2.24) is 5.32 Å². The standard InChI is InChI=1S/C16H20N2O/c1-3-16(11-5-4-6-12-16)18-15(19)17-14-9-7-13(2)8-10-14/h4-11H,3,12H2,1-2H3,(H2,17,18,19)/t16-/m1/s1. The van der Waals surface area contributed by atoms with Gasteiger partial charge in [0.1, 0.15) is 0 Å². The van der Waals surface area contributed by atoms with E-state index in [4.69, 9.17) is 0 Å². The first-order chi connectivity index (χ1) is 9.13. The number of carbonyl (C=O) groups is 1. The van der Waals surface area contributed by atoms with Crippen LogP contribution in [-0.2, 0) is 0 Å². The highest BCUT2D eigenvalue weighted by Gasteiger charge is 2.26. The topological polar surface area (TPSA) is 41.1 Å². The molecule has 0 bridgehead atoms. The largest absolute Gasteiger partial charge is 0.329 e. The van der Waals surface area contributed by atoms with Crippen molar-refractivity contribution in [3.8, 4) is 0 Å². The lowest BCUT2D eigenvalue weighted by atomic mass is 9.89. The highest BCUT2D eigenvalue weighted by Crippen LogP contribution is 2.21. The highest BCUT2D eigenvalue weighted by atomic mass is 16.2. The second kappa shape index (κ2) is 5.74. The molecule has 3 heteroatoms. The predicted molar refractivity (Wildman–Crippen MR) is 79.3 cm³/mol. The predicted octanol–water partition coefficient (Wildman–Crippen LogP) is 3.78. The van der Waals surface area contributed by atoms with Crippen molar-refractivity contribution in [2.24, 2.45) is 0 Å². The van der Waals surface area contributed by atoms with Gasteiger partial charge in [-0.15, -0.1) is 0 Å². The van der Waals surface area contributed by atoms with E-state index in [9.17, 15) is 4.79 Å². The quantitative estimate of drug-likeness (QED) is 0.849. The van der Waals surface area contributed by atoms with Gasteiger partial charge in [-0.1, -0.05) is 48.9 Å². The van der Waals surface area contributed by atoms with Crippen LogP contribution in [0, 0.1) is 6.92 Å². The van der Waals surface area contributed by atoms with Gasteiger partial charge >= 0.3 is 6.03 Å². The van der Waals surface area contributed by atoms with E-state index in [1.807, 2.05) is 43.3 Å². The van der Waals surface area contributed by atoms with Gasteiger partial charge in [0.2, 0.25) is 0 Å². The number of amides is 2. The van der Waals surface area contributed by atoms with E-state index >= 15 is 0 Å². The summed E-state index contributed by atoms with van der Waals surface area (Å²) in [4.78, 5) is 12.0. The van der Waals surface area contributed by atoms with Crippen molar-refractivity contribution >= 4 is 11.7 Å². The summed E-state index contributed by atoms with van der Waals surface area (Å²) in [7, 11) is 0. The molecule has 0 radical (unpaired) electrons. The Morgan fingerprint density at radius 1 is 1.26 bits per heavy atom. The number of urea groups is 1. The fraction of sp³-hybridized carbons (Fsp3) is 0.312. The van der Waals surface area contributed by atoms with Crippen molar-refractivity contribution < 1.29 is 4.79 Å². The SMILES string of the molecule is CC[C@@]1(NC(=O)Nc2ccc(C)cc2)C=CC=CC1. The first-order valence-electron chi connectivity index (χ1n) is 6.64. The maximum absolute atomic E-state index is 12.0. The second-order valence-electron chi connectivity index (χ2n) is 4.95. The van der Waals surface area contributed by atoms with E-state index in [0.717, 1.165) is 18.5 Å². The molecule has 3 nitrogen and oxygen atoms in total. The molecule has 1 aromatic carbocycles. The van der Waals surface area contributed by atoms with Crippen LogP contribution in [0.2, 0.25) is 0 Å². The molecule has 0 fully saturated rings. The Balaban J connectivity index is 1.99. The minimum Gasteiger partial charge on any atom is -0.329 e. The fourth-order valence-corrected chi connectivity index (χ4v) is 2.13. The van der Waals surface area contributed by atoms with Crippen LogP contribution in [0.25, 0.3) is 0 Å². The van der Waals surface area contributed by atoms with Gasteiger partial charge in [0.05, 0.1) is 5.54 Å². The molecule has 0 spiro atoms. The molecule has 1 aliphatic carbocycles. The van der Waals surface area contributed by atoms with E-state index < -0.39 is 0 Å². The Morgan fingerprint density at radius 2 is 2.00 bits per heavy atom. The van der Waals surface area contributed by atoms with Gasteiger partial charge in [-0.3, -0.25) is 0 Å². The molecular formula is C16H20N2O. The summed E-state index contributed by atoms with van der Waals surface area (Å²) in [5.74, 6) is 0. The van der Waals surface area contributed by atoms with E-state index in [-0.39, 0.29) is 11.6 Å². The van der Waals surface area contributed by atoms with E-state index in [0.29, 0.717) is 0 Å². The Kier molecular flexibility index (Phi) is 4.05. The molecule has 1 aromatic rings. The molecule has 2 N–H and O–H groups in total. The lowest BCUT2D eigenvalue weighted by molar-refractivity contribution is 0.242. The smallest absolute Gasteiger partial charge is 0.319 e. The van der Waals surface area contributed by atoms with Gasteiger partial charge in [-0.2, -0.15) is 0 Å². The molecule has 0 saturated heterocycles. The molecule has 0 heterocycles. The van der Waals surface area contributed by atoms with Crippen LogP contribution < -0.4 is 10.6 Å². The number of carbonyl (C=O) groups excluding carboxylic acids is 1. The third-order valence-electron chi connectivity index (χ3n) is 3.45. The van der Waals surface area contributed by atoms with Crippen LogP contribution in [0.5, 0.6) is 0 Å². The number of hydrogen-bond acceptors (Lipinski definition) is 1. The van der Waals surface area contributed by atoms with E-state index in [2.05, 4.69) is 29.7 Å².